The van der Waals surface area contributed by atoms with Crippen molar-refractivity contribution in [1.82, 2.24) is 15.0 Å². The fourth-order valence-corrected chi connectivity index (χ4v) is 2.18. The zero-order chi connectivity index (χ0) is 15.0. The Morgan fingerprint density at radius 3 is 2.57 bits per heavy atom. The van der Waals surface area contributed by atoms with E-state index < -0.39 is 0 Å². The van der Waals surface area contributed by atoms with Crippen molar-refractivity contribution >= 4 is 5.82 Å². The van der Waals surface area contributed by atoms with Gasteiger partial charge in [0.05, 0.1) is 5.69 Å². The number of nitrogen functional groups attached to an aromatic ring is 1. The minimum Gasteiger partial charge on any atom is -0.382 e. The molecule has 4 nitrogen and oxygen atoms in total. The fourth-order valence-electron chi connectivity index (χ4n) is 2.18. The van der Waals surface area contributed by atoms with Crippen LogP contribution in [0.1, 0.15) is 11.1 Å². The number of nitrogens with zero attached hydrogens (tertiary/aromatic N) is 3. The topological polar surface area (TPSA) is 56.7 Å². The van der Waals surface area contributed by atoms with Crippen LogP contribution in [-0.2, 0) is 0 Å². The van der Waals surface area contributed by atoms with Crippen molar-refractivity contribution in [2.45, 2.75) is 13.8 Å². The number of anilines is 1. The molecule has 0 aliphatic rings. The number of hydrogen-bond acceptors (Lipinski definition) is 3. The Kier molecular flexibility index (Phi) is 3.17. The summed E-state index contributed by atoms with van der Waals surface area (Å²) in [6.45, 7) is 4.08. The maximum atomic E-state index is 13.3. The van der Waals surface area contributed by atoms with Crippen molar-refractivity contribution in [2.75, 3.05) is 5.73 Å². The molecule has 3 rings (SSSR count). The van der Waals surface area contributed by atoms with Gasteiger partial charge in [0.1, 0.15) is 11.5 Å². The summed E-state index contributed by atoms with van der Waals surface area (Å²) >= 11 is 0. The fraction of sp³-hybridized carbons (Fsp3) is 0.125. The lowest BCUT2D eigenvalue weighted by Gasteiger charge is -2.05. The summed E-state index contributed by atoms with van der Waals surface area (Å²) in [7, 11) is 0. The summed E-state index contributed by atoms with van der Waals surface area (Å²) in [5, 5.41) is 8.16. The molecule has 0 radical (unpaired) electrons. The van der Waals surface area contributed by atoms with Crippen LogP contribution in [0.4, 0.5) is 10.2 Å². The van der Waals surface area contributed by atoms with Gasteiger partial charge < -0.3 is 5.73 Å². The Hall–Kier alpha value is -2.69. The van der Waals surface area contributed by atoms with Gasteiger partial charge >= 0.3 is 0 Å². The third kappa shape index (κ3) is 2.38. The Morgan fingerprint density at radius 2 is 1.86 bits per heavy atom. The molecule has 2 N–H and O–H groups in total. The van der Waals surface area contributed by atoms with E-state index in [4.69, 9.17) is 5.73 Å². The molecule has 0 fully saturated rings. The lowest BCUT2D eigenvalue weighted by Crippen LogP contribution is -2.02. The Bertz CT molecular complexity index is 808. The molecule has 21 heavy (non-hydrogen) atoms. The Morgan fingerprint density at radius 1 is 1.05 bits per heavy atom. The summed E-state index contributed by atoms with van der Waals surface area (Å²) in [6.07, 6.45) is 0. The monoisotopic (exact) mass is 282 g/mol. The maximum Gasteiger partial charge on any atom is 0.155 e. The van der Waals surface area contributed by atoms with Gasteiger partial charge in [-0.1, -0.05) is 23.4 Å². The predicted molar refractivity (Wildman–Crippen MR) is 80.6 cm³/mol. The van der Waals surface area contributed by atoms with Crippen LogP contribution >= 0.6 is 0 Å². The molecule has 5 heteroatoms. The van der Waals surface area contributed by atoms with E-state index in [1.54, 1.807) is 12.1 Å². The third-order valence-corrected chi connectivity index (χ3v) is 3.54. The molecular weight excluding hydrogens is 267 g/mol. The van der Waals surface area contributed by atoms with E-state index in [2.05, 4.69) is 10.3 Å². The molecule has 0 saturated carbocycles. The van der Waals surface area contributed by atoms with Gasteiger partial charge in [0.25, 0.3) is 0 Å². The van der Waals surface area contributed by atoms with Crippen molar-refractivity contribution in [3.63, 3.8) is 0 Å². The van der Waals surface area contributed by atoms with E-state index in [-0.39, 0.29) is 5.82 Å². The second-order valence-corrected chi connectivity index (χ2v) is 5.01. The van der Waals surface area contributed by atoms with Crippen LogP contribution in [0.5, 0.6) is 0 Å². The molecule has 1 aromatic heterocycles. The zero-order valence-electron chi connectivity index (χ0n) is 11.8. The van der Waals surface area contributed by atoms with Gasteiger partial charge in [-0.2, -0.15) is 4.68 Å². The molecule has 0 aliphatic heterocycles. The van der Waals surface area contributed by atoms with Gasteiger partial charge in [0, 0.05) is 5.56 Å². The SMILES string of the molecule is Cc1ccc(-c2nnn(-c3cccc(F)c3)c2N)cc1C. The number of aryl methyl sites for hydroxylation is 2. The van der Waals surface area contributed by atoms with Gasteiger partial charge in [-0.05, 0) is 49.2 Å². The first kappa shape index (κ1) is 13.3. The van der Waals surface area contributed by atoms with Crippen LogP contribution in [0.15, 0.2) is 42.5 Å². The highest BCUT2D eigenvalue weighted by Crippen LogP contribution is 2.27. The highest BCUT2D eigenvalue weighted by atomic mass is 19.1. The molecule has 0 saturated heterocycles. The average molecular weight is 282 g/mol. The second-order valence-electron chi connectivity index (χ2n) is 5.01. The van der Waals surface area contributed by atoms with Crippen LogP contribution in [0, 0.1) is 19.7 Å². The normalized spacial score (nSPS) is 10.8. The van der Waals surface area contributed by atoms with E-state index in [1.807, 2.05) is 32.0 Å². The summed E-state index contributed by atoms with van der Waals surface area (Å²) in [4.78, 5) is 0. The molecule has 3 aromatic rings. The number of rotatable bonds is 2. The number of aromatic nitrogens is 3. The maximum absolute atomic E-state index is 13.3. The van der Waals surface area contributed by atoms with E-state index >= 15 is 0 Å². The predicted octanol–water partition coefficient (Wildman–Crippen LogP) is 3.27. The molecule has 1 heterocycles. The van der Waals surface area contributed by atoms with Gasteiger partial charge in [-0.3, -0.25) is 0 Å². The van der Waals surface area contributed by atoms with E-state index in [0.29, 0.717) is 17.2 Å². The quantitative estimate of drug-likeness (QED) is 0.784. The van der Waals surface area contributed by atoms with Crippen LogP contribution in [0.2, 0.25) is 0 Å². The molecule has 0 amide bonds. The van der Waals surface area contributed by atoms with E-state index in [0.717, 1.165) is 11.1 Å². The van der Waals surface area contributed by atoms with E-state index in [9.17, 15) is 4.39 Å². The first-order valence-electron chi connectivity index (χ1n) is 6.61. The number of benzene rings is 2. The number of nitrogens with two attached hydrogens (primary N) is 1. The van der Waals surface area contributed by atoms with Crippen LogP contribution in [0.3, 0.4) is 0 Å². The summed E-state index contributed by atoms with van der Waals surface area (Å²) in [5.74, 6) is 0.0546. The zero-order valence-corrected chi connectivity index (χ0v) is 11.8. The Labute approximate surface area is 122 Å². The number of halogens is 1. The number of hydrogen-bond donors (Lipinski definition) is 1. The van der Waals surface area contributed by atoms with Gasteiger partial charge in [0.15, 0.2) is 5.82 Å². The lowest BCUT2D eigenvalue weighted by atomic mass is 10.0. The van der Waals surface area contributed by atoms with Gasteiger partial charge in [0.2, 0.25) is 0 Å². The third-order valence-electron chi connectivity index (χ3n) is 3.54. The van der Waals surface area contributed by atoms with Crippen molar-refractivity contribution in [2.24, 2.45) is 0 Å². The molecule has 0 unspecified atom stereocenters. The average Bonchev–Trinajstić information content (AvgIpc) is 2.84. The van der Waals surface area contributed by atoms with Gasteiger partial charge in [-0.25, -0.2) is 4.39 Å². The molecule has 2 aromatic carbocycles. The first-order valence-corrected chi connectivity index (χ1v) is 6.61. The van der Waals surface area contributed by atoms with Crippen molar-refractivity contribution in [1.29, 1.82) is 0 Å². The highest BCUT2D eigenvalue weighted by Gasteiger charge is 2.13. The minimum atomic E-state index is -0.338. The molecular formula is C16H15FN4. The van der Waals surface area contributed by atoms with Crippen molar-refractivity contribution < 1.29 is 4.39 Å². The molecule has 0 atom stereocenters. The minimum absolute atomic E-state index is 0.338. The lowest BCUT2D eigenvalue weighted by molar-refractivity contribution is 0.625. The highest BCUT2D eigenvalue weighted by molar-refractivity contribution is 5.71. The smallest absolute Gasteiger partial charge is 0.155 e. The molecule has 0 bridgehead atoms. The van der Waals surface area contributed by atoms with Crippen molar-refractivity contribution in [3.05, 3.63) is 59.4 Å². The Balaban J connectivity index is 2.09. The summed E-state index contributed by atoms with van der Waals surface area (Å²) in [5.41, 5.74) is 10.5. The van der Waals surface area contributed by atoms with Crippen molar-refractivity contribution in [3.8, 4) is 16.9 Å². The van der Waals surface area contributed by atoms with E-state index in [1.165, 1.54) is 22.4 Å². The van der Waals surface area contributed by atoms with Crippen LogP contribution in [-0.4, -0.2) is 15.0 Å². The molecule has 0 spiro atoms. The summed E-state index contributed by atoms with van der Waals surface area (Å²) < 4.78 is 14.7. The van der Waals surface area contributed by atoms with Crippen LogP contribution in [0.25, 0.3) is 16.9 Å². The first-order chi connectivity index (χ1) is 10.1. The van der Waals surface area contributed by atoms with Crippen LogP contribution < -0.4 is 5.73 Å². The largest absolute Gasteiger partial charge is 0.382 e. The molecule has 0 aliphatic carbocycles. The standard InChI is InChI=1S/C16H15FN4/c1-10-6-7-12(8-11(10)2)15-16(18)21(20-19-15)14-5-3-4-13(17)9-14/h3-9H,18H2,1-2H3. The van der Waals surface area contributed by atoms with Gasteiger partial charge in [-0.15, -0.1) is 5.10 Å². The molecule has 106 valence electrons. The summed E-state index contributed by atoms with van der Waals surface area (Å²) in [6, 6.07) is 12.1. The second kappa shape index (κ2) is 5.01.